The number of primary amides is 1. The van der Waals surface area contributed by atoms with Gasteiger partial charge >= 0.3 is 6.09 Å². The summed E-state index contributed by atoms with van der Waals surface area (Å²) in [5.74, 6) is -1.27. The predicted octanol–water partition coefficient (Wildman–Crippen LogP) is -0.963. The van der Waals surface area contributed by atoms with Gasteiger partial charge in [-0.2, -0.15) is 0 Å². The lowest BCUT2D eigenvalue weighted by Gasteiger charge is -2.39. The lowest BCUT2D eigenvalue weighted by molar-refractivity contribution is -0.137. The minimum atomic E-state index is -0.959. The third-order valence-corrected chi connectivity index (χ3v) is 5.58. The van der Waals surface area contributed by atoms with Crippen molar-refractivity contribution in [1.29, 1.82) is 0 Å². The Morgan fingerprint density at radius 2 is 2.08 bits per heavy atom. The zero-order valence-corrected chi connectivity index (χ0v) is 14.1. The zero-order valence-electron chi connectivity index (χ0n) is 14.1. The zero-order chi connectivity index (χ0) is 18.1. The molecule has 2 fully saturated rings. The van der Waals surface area contributed by atoms with Crippen LogP contribution in [-0.4, -0.2) is 67.7 Å². The molecule has 0 saturated carbocycles. The topological polar surface area (TPSA) is 130 Å². The van der Waals surface area contributed by atoms with Crippen molar-refractivity contribution in [2.75, 3.05) is 27.4 Å². The molecule has 3 N–H and O–H groups in total. The van der Waals surface area contributed by atoms with Gasteiger partial charge < -0.3 is 30.2 Å². The van der Waals surface area contributed by atoms with Gasteiger partial charge in [0.2, 0.25) is 11.6 Å². The molecule has 1 amide bonds. The van der Waals surface area contributed by atoms with Crippen molar-refractivity contribution in [3.8, 4) is 0 Å². The standard InChI is InChI=1S/C16H19N3O6/c1-6-11(20)10-9(12(21)13(6)23-2)7(5-25-15(17)22)16(24-3)14-8(18-14)4-19(10)16/h7-8,14,18H,4-5H2,1-3H3,(H2,17,22)/t7-,8+,14+,16+/m1/s1. The first-order chi connectivity index (χ1) is 11.9. The van der Waals surface area contributed by atoms with Crippen molar-refractivity contribution in [1.82, 2.24) is 10.2 Å². The number of nitrogens with one attached hydrogen (secondary N) is 1. The molecule has 134 valence electrons. The number of nitrogens with zero attached hydrogens (tertiary/aromatic N) is 1. The van der Waals surface area contributed by atoms with Gasteiger partial charge in [0.05, 0.1) is 24.8 Å². The highest BCUT2D eigenvalue weighted by molar-refractivity contribution is 6.25. The summed E-state index contributed by atoms with van der Waals surface area (Å²) in [5, 5.41) is 3.29. The second-order valence-electron chi connectivity index (χ2n) is 6.58. The Bertz CT molecular complexity index is 772. The van der Waals surface area contributed by atoms with Gasteiger partial charge in [0, 0.05) is 30.8 Å². The van der Waals surface area contributed by atoms with Crippen LogP contribution >= 0.6 is 0 Å². The van der Waals surface area contributed by atoms with Crippen LogP contribution in [0.25, 0.3) is 0 Å². The van der Waals surface area contributed by atoms with Crippen LogP contribution in [0.3, 0.4) is 0 Å². The fraction of sp³-hybridized carbons (Fsp3) is 0.562. The van der Waals surface area contributed by atoms with E-state index in [0.29, 0.717) is 12.2 Å². The fourth-order valence-electron chi connectivity index (χ4n) is 4.51. The summed E-state index contributed by atoms with van der Waals surface area (Å²) in [7, 11) is 2.88. The number of carbonyl (C=O) groups excluding carboxylic acids is 3. The van der Waals surface area contributed by atoms with Crippen LogP contribution in [0.5, 0.6) is 0 Å². The molecule has 3 heterocycles. The fourth-order valence-corrected chi connectivity index (χ4v) is 4.51. The van der Waals surface area contributed by atoms with Crippen LogP contribution in [-0.2, 0) is 23.8 Å². The van der Waals surface area contributed by atoms with Gasteiger partial charge in [0.15, 0.2) is 11.5 Å². The van der Waals surface area contributed by atoms with Crippen molar-refractivity contribution in [2.24, 2.45) is 11.7 Å². The third-order valence-electron chi connectivity index (χ3n) is 5.58. The first-order valence-electron chi connectivity index (χ1n) is 7.98. The number of rotatable bonds is 4. The molecule has 0 aromatic rings. The Labute approximate surface area is 143 Å². The van der Waals surface area contributed by atoms with Crippen LogP contribution in [0.15, 0.2) is 22.6 Å². The van der Waals surface area contributed by atoms with E-state index in [2.05, 4.69) is 5.32 Å². The Hall–Kier alpha value is -2.39. The Balaban J connectivity index is 1.84. The summed E-state index contributed by atoms with van der Waals surface area (Å²) in [5.41, 5.74) is 5.00. The van der Waals surface area contributed by atoms with Crippen LogP contribution in [0.1, 0.15) is 6.92 Å². The first-order valence-corrected chi connectivity index (χ1v) is 7.98. The summed E-state index contributed by atoms with van der Waals surface area (Å²) < 4.78 is 16.0. The molecule has 0 unspecified atom stereocenters. The number of ether oxygens (including phenoxy) is 3. The van der Waals surface area contributed by atoms with E-state index in [-0.39, 0.29) is 47.2 Å². The number of piperazine rings is 1. The van der Waals surface area contributed by atoms with E-state index >= 15 is 0 Å². The van der Waals surface area contributed by atoms with Crippen LogP contribution in [0.2, 0.25) is 0 Å². The number of carbonyl (C=O) groups is 3. The molecule has 0 aromatic heterocycles. The average molecular weight is 349 g/mol. The number of hydrogen-bond donors (Lipinski definition) is 2. The lowest BCUT2D eigenvalue weighted by atomic mass is 9.83. The van der Waals surface area contributed by atoms with Crippen molar-refractivity contribution >= 4 is 17.7 Å². The van der Waals surface area contributed by atoms with E-state index in [1.54, 1.807) is 6.92 Å². The number of Topliss-reactive ketones (excluding diaryl/α,β-unsaturated/α-hetero) is 2. The van der Waals surface area contributed by atoms with Crippen LogP contribution in [0, 0.1) is 5.92 Å². The molecule has 2 saturated heterocycles. The van der Waals surface area contributed by atoms with Crippen molar-refractivity contribution in [3.05, 3.63) is 22.6 Å². The third kappa shape index (κ3) is 1.82. The second-order valence-corrected chi connectivity index (χ2v) is 6.58. The first kappa shape index (κ1) is 16.1. The van der Waals surface area contributed by atoms with E-state index in [9.17, 15) is 14.4 Å². The van der Waals surface area contributed by atoms with Crippen molar-refractivity contribution < 1.29 is 28.6 Å². The van der Waals surface area contributed by atoms with E-state index in [4.69, 9.17) is 19.9 Å². The van der Waals surface area contributed by atoms with Crippen molar-refractivity contribution in [2.45, 2.75) is 24.7 Å². The van der Waals surface area contributed by atoms with E-state index in [1.165, 1.54) is 14.2 Å². The number of methoxy groups -OCH3 is 2. The molecule has 9 nitrogen and oxygen atoms in total. The van der Waals surface area contributed by atoms with Crippen molar-refractivity contribution in [3.63, 3.8) is 0 Å². The molecule has 0 spiro atoms. The molecule has 1 aliphatic carbocycles. The summed E-state index contributed by atoms with van der Waals surface area (Å²) in [6.07, 6.45) is -0.946. The quantitative estimate of drug-likeness (QED) is 0.490. The highest BCUT2D eigenvalue weighted by Crippen LogP contribution is 2.55. The number of amides is 1. The summed E-state index contributed by atoms with van der Waals surface area (Å²) >= 11 is 0. The molecule has 0 aromatic carbocycles. The SMILES string of the molecule is COC1=C(C)C(=O)C2=C(C1=O)[C@@H](COC(N)=O)[C@]1(OC)[C@H]3N[C@H]3CN21. The number of hydrogen-bond acceptors (Lipinski definition) is 8. The average Bonchev–Trinajstić information content (AvgIpc) is 3.18. The molecule has 4 aliphatic rings. The maximum absolute atomic E-state index is 13.0. The summed E-state index contributed by atoms with van der Waals surface area (Å²) in [4.78, 5) is 38.9. The molecular formula is C16H19N3O6. The van der Waals surface area contributed by atoms with Gasteiger partial charge in [-0.1, -0.05) is 0 Å². The maximum atomic E-state index is 13.0. The molecule has 25 heavy (non-hydrogen) atoms. The molecule has 0 bridgehead atoms. The van der Waals surface area contributed by atoms with Crippen LogP contribution in [0.4, 0.5) is 4.79 Å². The largest absolute Gasteiger partial charge is 0.492 e. The van der Waals surface area contributed by atoms with E-state index in [0.717, 1.165) is 0 Å². The second kappa shape index (κ2) is 5.06. The summed E-state index contributed by atoms with van der Waals surface area (Å²) in [6.45, 7) is 1.96. The highest BCUT2D eigenvalue weighted by atomic mass is 16.6. The minimum Gasteiger partial charge on any atom is -0.492 e. The number of nitrogens with two attached hydrogens (primary N) is 1. The van der Waals surface area contributed by atoms with Gasteiger partial charge in [-0.25, -0.2) is 4.79 Å². The monoisotopic (exact) mass is 349 g/mol. The smallest absolute Gasteiger partial charge is 0.404 e. The van der Waals surface area contributed by atoms with E-state index < -0.39 is 17.7 Å². The highest BCUT2D eigenvalue weighted by Gasteiger charge is 2.72. The normalized spacial score (nSPS) is 35.6. The molecule has 4 rings (SSSR count). The molecule has 3 aliphatic heterocycles. The number of ketones is 2. The number of allylic oxidation sites excluding steroid dienone is 2. The molecular weight excluding hydrogens is 330 g/mol. The van der Waals surface area contributed by atoms with Gasteiger partial charge in [-0.05, 0) is 6.92 Å². The van der Waals surface area contributed by atoms with E-state index in [1.807, 2.05) is 4.90 Å². The molecule has 9 heteroatoms. The maximum Gasteiger partial charge on any atom is 0.404 e. The Kier molecular flexibility index (Phi) is 3.26. The number of fused-ring (bicyclic) bond motifs is 4. The lowest BCUT2D eigenvalue weighted by Crippen LogP contribution is -2.55. The van der Waals surface area contributed by atoms with Gasteiger partial charge in [0.25, 0.3) is 0 Å². The van der Waals surface area contributed by atoms with Gasteiger partial charge in [-0.15, -0.1) is 0 Å². The Morgan fingerprint density at radius 1 is 1.36 bits per heavy atom. The van der Waals surface area contributed by atoms with Crippen LogP contribution < -0.4 is 11.1 Å². The van der Waals surface area contributed by atoms with Gasteiger partial charge in [-0.3, -0.25) is 9.59 Å². The Morgan fingerprint density at radius 3 is 2.68 bits per heavy atom. The van der Waals surface area contributed by atoms with Gasteiger partial charge in [0.1, 0.15) is 6.61 Å². The molecule has 0 radical (unpaired) electrons. The molecule has 4 atom stereocenters. The predicted molar refractivity (Wildman–Crippen MR) is 82.9 cm³/mol. The minimum absolute atomic E-state index is 0.0144. The summed E-state index contributed by atoms with van der Waals surface area (Å²) in [6, 6.07) is 0.109.